The van der Waals surface area contributed by atoms with Gasteiger partial charge in [0.25, 0.3) is 0 Å². The van der Waals surface area contributed by atoms with Crippen molar-refractivity contribution in [2.45, 2.75) is 26.0 Å². The van der Waals surface area contributed by atoms with E-state index in [0.29, 0.717) is 24.2 Å². The van der Waals surface area contributed by atoms with Gasteiger partial charge in [0, 0.05) is 35.8 Å². The summed E-state index contributed by atoms with van der Waals surface area (Å²) in [5.74, 6) is -11.2. The Morgan fingerprint density at radius 3 is 2.00 bits per heavy atom. The topological polar surface area (TPSA) is 14.2 Å². The molecule has 0 saturated carbocycles. The van der Waals surface area contributed by atoms with E-state index in [1.807, 2.05) is 6.92 Å². The van der Waals surface area contributed by atoms with Crippen molar-refractivity contribution in [3.05, 3.63) is 89.1 Å². The molecule has 3 aromatic carbocycles. The van der Waals surface area contributed by atoms with Gasteiger partial charge in [0.15, 0.2) is 17.5 Å². The Balaban J connectivity index is 1.73. The van der Waals surface area contributed by atoms with Crippen LogP contribution in [0.5, 0.6) is 5.75 Å². The molecule has 0 aliphatic rings. The Morgan fingerprint density at radius 2 is 1.41 bits per heavy atom. The number of benzene rings is 3. The van der Waals surface area contributed by atoms with Crippen LogP contribution in [0, 0.1) is 34.9 Å². The molecule has 4 rings (SSSR count). The van der Waals surface area contributed by atoms with Crippen LogP contribution < -0.4 is 4.74 Å². The highest BCUT2D eigenvalue weighted by atomic mass is 19.3. The molecule has 0 radical (unpaired) electrons. The first kappa shape index (κ1) is 23.6. The van der Waals surface area contributed by atoms with E-state index < -0.39 is 52.3 Å². The van der Waals surface area contributed by atoms with Crippen molar-refractivity contribution >= 4 is 10.9 Å². The first-order chi connectivity index (χ1) is 16.0. The zero-order valence-corrected chi connectivity index (χ0v) is 17.4. The molecule has 0 spiro atoms. The van der Waals surface area contributed by atoms with Crippen LogP contribution in [-0.4, -0.2) is 4.57 Å². The number of fused-ring (bicyclic) bond motifs is 1. The van der Waals surface area contributed by atoms with Crippen LogP contribution in [0.4, 0.5) is 35.1 Å². The van der Waals surface area contributed by atoms with E-state index in [2.05, 4.69) is 4.74 Å². The number of ether oxygens (including phenoxy) is 1. The molecule has 0 amide bonds. The molecule has 0 fully saturated rings. The van der Waals surface area contributed by atoms with E-state index in [0.717, 1.165) is 6.42 Å². The van der Waals surface area contributed by atoms with Crippen molar-refractivity contribution < 1.29 is 39.9 Å². The zero-order valence-electron chi connectivity index (χ0n) is 17.4. The number of nitrogens with zero attached hydrogens (tertiary/aromatic N) is 1. The standard InChI is InChI=1S/C24H15F8NO/c1-2-6-33-7-5-15-20(33)4-3-14(22(15)29)12-8-16(25)21(17(26)9-12)24(31,32)34-13-10-18(27)23(30)19(28)11-13/h3-5,7-11H,2,6H2,1H3. The highest BCUT2D eigenvalue weighted by Gasteiger charge is 2.41. The first-order valence-electron chi connectivity index (χ1n) is 10.0. The van der Waals surface area contributed by atoms with Crippen LogP contribution in [0.25, 0.3) is 22.0 Å². The van der Waals surface area contributed by atoms with Crippen molar-refractivity contribution in [2.75, 3.05) is 0 Å². The summed E-state index contributed by atoms with van der Waals surface area (Å²) in [6.07, 6.45) is -2.29. The molecule has 0 bridgehead atoms. The maximum atomic E-state index is 15.1. The SMILES string of the molecule is CCCn1ccc2c(F)c(-c3cc(F)c(C(F)(F)Oc4cc(F)c(F)c(F)c4)c(F)c3)ccc21. The van der Waals surface area contributed by atoms with Gasteiger partial charge in [0.1, 0.15) is 28.8 Å². The van der Waals surface area contributed by atoms with E-state index in [1.54, 1.807) is 16.8 Å². The monoisotopic (exact) mass is 485 g/mol. The van der Waals surface area contributed by atoms with E-state index in [9.17, 15) is 30.7 Å². The number of aromatic nitrogens is 1. The predicted octanol–water partition coefficient (Wildman–Crippen LogP) is 7.68. The van der Waals surface area contributed by atoms with Crippen molar-refractivity contribution in [1.82, 2.24) is 4.57 Å². The van der Waals surface area contributed by atoms with Crippen LogP contribution in [0.3, 0.4) is 0 Å². The molecule has 178 valence electrons. The average molecular weight is 485 g/mol. The molecule has 1 aromatic heterocycles. The third-order valence-electron chi connectivity index (χ3n) is 5.20. The van der Waals surface area contributed by atoms with Crippen LogP contribution in [0.1, 0.15) is 18.9 Å². The van der Waals surface area contributed by atoms with Gasteiger partial charge in [-0.3, -0.25) is 0 Å². The number of hydrogen-bond acceptors (Lipinski definition) is 1. The maximum Gasteiger partial charge on any atom is 0.432 e. The van der Waals surface area contributed by atoms with Gasteiger partial charge in [-0.25, -0.2) is 26.3 Å². The molecule has 0 saturated heterocycles. The summed E-state index contributed by atoms with van der Waals surface area (Å²) in [7, 11) is 0. The van der Waals surface area contributed by atoms with Crippen LogP contribution >= 0.6 is 0 Å². The normalized spacial score (nSPS) is 11.9. The summed E-state index contributed by atoms with van der Waals surface area (Å²) in [4.78, 5) is 0. The Bertz CT molecular complexity index is 1350. The predicted molar refractivity (Wildman–Crippen MR) is 108 cm³/mol. The van der Waals surface area contributed by atoms with Gasteiger partial charge in [0.05, 0.1) is 5.52 Å². The molecule has 0 atom stereocenters. The summed E-state index contributed by atoms with van der Waals surface area (Å²) in [5, 5.41) is 0.185. The minimum Gasteiger partial charge on any atom is -0.429 e. The van der Waals surface area contributed by atoms with Crippen molar-refractivity contribution in [2.24, 2.45) is 0 Å². The molecule has 4 aromatic rings. The van der Waals surface area contributed by atoms with E-state index in [1.165, 1.54) is 12.1 Å². The highest BCUT2D eigenvalue weighted by molar-refractivity contribution is 5.86. The molecule has 0 N–H and O–H groups in total. The van der Waals surface area contributed by atoms with Crippen molar-refractivity contribution in [3.63, 3.8) is 0 Å². The van der Waals surface area contributed by atoms with Crippen LogP contribution in [-0.2, 0) is 12.7 Å². The second kappa shape index (κ2) is 8.66. The number of rotatable bonds is 6. The van der Waals surface area contributed by atoms with Crippen LogP contribution in [0.15, 0.2) is 48.7 Å². The molecule has 1 heterocycles. The molecule has 0 aliphatic carbocycles. The fourth-order valence-corrected chi connectivity index (χ4v) is 3.69. The minimum absolute atomic E-state index is 0.103. The summed E-state index contributed by atoms with van der Waals surface area (Å²) >= 11 is 0. The summed E-state index contributed by atoms with van der Waals surface area (Å²) < 4.78 is 119. The first-order valence-corrected chi connectivity index (χ1v) is 10.0. The zero-order chi connectivity index (χ0) is 24.8. The molecule has 0 aliphatic heterocycles. The quantitative estimate of drug-likeness (QED) is 0.202. The summed E-state index contributed by atoms with van der Waals surface area (Å²) in [6, 6.07) is 5.51. The van der Waals surface area contributed by atoms with Crippen molar-refractivity contribution in [1.29, 1.82) is 0 Å². The third kappa shape index (κ3) is 4.08. The second-order valence-corrected chi connectivity index (χ2v) is 7.50. The lowest BCUT2D eigenvalue weighted by Gasteiger charge is -2.20. The number of halogens is 8. The fraction of sp³-hybridized carbons (Fsp3) is 0.167. The number of hydrogen-bond donors (Lipinski definition) is 0. The van der Waals surface area contributed by atoms with E-state index in [4.69, 9.17) is 0 Å². The maximum absolute atomic E-state index is 15.1. The largest absolute Gasteiger partial charge is 0.432 e. The second-order valence-electron chi connectivity index (χ2n) is 7.50. The smallest absolute Gasteiger partial charge is 0.429 e. The molecule has 10 heteroatoms. The fourth-order valence-electron chi connectivity index (χ4n) is 3.69. The van der Waals surface area contributed by atoms with Gasteiger partial charge in [-0.15, -0.1) is 0 Å². The highest BCUT2D eigenvalue weighted by Crippen LogP contribution is 2.38. The van der Waals surface area contributed by atoms with Gasteiger partial charge >= 0.3 is 6.11 Å². The molecular weight excluding hydrogens is 470 g/mol. The van der Waals surface area contributed by atoms with Gasteiger partial charge in [-0.05, 0) is 42.3 Å². The molecular formula is C24H15F8NO. The number of alkyl halides is 2. The lowest BCUT2D eigenvalue weighted by Crippen LogP contribution is -2.25. The van der Waals surface area contributed by atoms with Gasteiger partial charge in [0.2, 0.25) is 0 Å². The third-order valence-corrected chi connectivity index (χ3v) is 5.20. The van der Waals surface area contributed by atoms with E-state index in [-0.39, 0.29) is 28.6 Å². The van der Waals surface area contributed by atoms with Gasteiger partial charge in [-0.1, -0.05) is 6.92 Å². The summed E-state index contributed by atoms with van der Waals surface area (Å²) in [5.41, 5.74) is -1.88. The van der Waals surface area contributed by atoms with Gasteiger partial charge in [-0.2, -0.15) is 8.78 Å². The number of aryl methyl sites for hydroxylation is 1. The van der Waals surface area contributed by atoms with Crippen molar-refractivity contribution in [3.8, 4) is 16.9 Å². The Hall–Kier alpha value is -3.56. The van der Waals surface area contributed by atoms with Crippen LogP contribution in [0.2, 0.25) is 0 Å². The molecule has 34 heavy (non-hydrogen) atoms. The Labute approximate surface area is 188 Å². The molecule has 0 unspecified atom stereocenters. The lowest BCUT2D eigenvalue weighted by atomic mass is 10.0. The summed E-state index contributed by atoms with van der Waals surface area (Å²) in [6.45, 7) is 2.56. The average Bonchev–Trinajstić information content (AvgIpc) is 3.15. The minimum atomic E-state index is -4.73. The Kier molecular flexibility index (Phi) is 6.01. The molecule has 2 nitrogen and oxygen atoms in total. The van der Waals surface area contributed by atoms with Gasteiger partial charge < -0.3 is 9.30 Å². The lowest BCUT2D eigenvalue weighted by molar-refractivity contribution is -0.189. The van der Waals surface area contributed by atoms with E-state index >= 15 is 4.39 Å². The Morgan fingerprint density at radius 1 is 0.794 bits per heavy atom.